The van der Waals surface area contributed by atoms with Crippen LogP contribution in [0.25, 0.3) is 27.8 Å². The van der Waals surface area contributed by atoms with E-state index in [2.05, 4.69) is 28.2 Å². The monoisotopic (exact) mass is 459 g/mol. The molecule has 0 aliphatic carbocycles. The number of carbonyl (C=O) groups is 1. The standard InChI is InChI=1S/C26H26ClN5O/c1-2-8-23(33)30-13-15-31(16-14-30)25-24-20(19-9-4-3-5-10-19)17-32(26(24)29-18-28-25)22-12-7-6-11-21(22)27/h3-7,9-12,17-18H,2,8,13-16H2,1H3. The molecular formula is C26H26ClN5O. The van der Waals surface area contributed by atoms with Crippen molar-refractivity contribution in [3.05, 3.63) is 72.1 Å². The Kier molecular flexibility index (Phi) is 6.01. The number of para-hydroxylation sites is 1. The van der Waals surface area contributed by atoms with E-state index >= 15 is 0 Å². The van der Waals surface area contributed by atoms with Gasteiger partial charge in [0, 0.05) is 44.4 Å². The third-order valence-electron chi connectivity index (χ3n) is 6.16. The van der Waals surface area contributed by atoms with Crippen molar-refractivity contribution in [2.24, 2.45) is 0 Å². The minimum absolute atomic E-state index is 0.236. The minimum atomic E-state index is 0.236. The van der Waals surface area contributed by atoms with Gasteiger partial charge in [0.05, 0.1) is 16.1 Å². The third-order valence-corrected chi connectivity index (χ3v) is 6.48. The van der Waals surface area contributed by atoms with Gasteiger partial charge in [-0.1, -0.05) is 61.0 Å². The number of aromatic nitrogens is 3. The molecule has 0 spiro atoms. The molecule has 0 atom stereocenters. The van der Waals surface area contributed by atoms with Crippen molar-refractivity contribution >= 4 is 34.4 Å². The molecule has 0 bridgehead atoms. The van der Waals surface area contributed by atoms with Crippen molar-refractivity contribution in [2.75, 3.05) is 31.1 Å². The topological polar surface area (TPSA) is 54.3 Å². The minimum Gasteiger partial charge on any atom is -0.352 e. The fourth-order valence-electron chi connectivity index (χ4n) is 4.49. The Morgan fingerprint density at radius 3 is 2.42 bits per heavy atom. The molecule has 0 radical (unpaired) electrons. The molecule has 1 aliphatic rings. The van der Waals surface area contributed by atoms with Crippen LogP contribution < -0.4 is 4.90 Å². The van der Waals surface area contributed by atoms with E-state index in [1.54, 1.807) is 6.33 Å². The van der Waals surface area contributed by atoms with E-state index in [0.717, 1.165) is 53.2 Å². The SMILES string of the molecule is CCCC(=O)N1CCN(c2ncnc3c2c(-c2ccccc2)cn3-c2ccccc2Cl)CC1. The van der Waals surface area contributed by atoms with Crippen molar-refractivity contribution in [1.29, 1.82) is 0 Å². The highest BCUT2D eigenvalue weighted by Gasteiger charge is 2.25. The summed E-state index contributed by atoms with van der Waals surface area (Å²) < 4.78 is 2.05. The highest BCUT2D eigenvalue weighted by molar-refractivity contribution is 6.32. The number of hydrogen-bond donors (Lipinski definition) is 0. The maximum absolute atomic E-state index is 12.4. The van der Waals surface area contributed by atoms with Gasteiger partial charge in [-0.05, 0) is 24.1 Å². The number of halogens is 1. The lowest BCUT2D eigenvalue weighted by Gasteiger charge is -2.35. The van der Waals surface area contributed by atoms with Crippen LogP contribution >= 0.6 is 11.6 Å². The molecule has 0 saturated carbocycles. The Morgan fingerprint density at radius 1 is 0.970 bits per heavy atom. The zero-order chi connectivity index (χ0) is 22.8. The van der Waals surface area contributed by atoms with E-state index < -0.39 is 0 Å². The highest BCUT2D eigenvalue weighted by Crippen LogP contribution is 2.38. The lowest BCUT2D eigenvalue weighted by molar-refractivity contribution is -0.131. The van der Waals surface area contributed by atoms with Crippen LogP contribution in [0.4, 0.5) is 5.82 Å². The molecule has 0 unspecified atom stereocenters. The smallest absolute Gasteiger partial charge is 0.222 e. The summed E-state index contributed by atoms with van der Waals surface area (Å²) in [7, 11) is 0. The van der Waals surface area contributed by atoms with Crippen LogP contribution in [0, 0.1) is 0 Å². The molecule has 7 heteroatoms. The van der Waals surface area contributed by atoms with Gasteiger partial charge < -0.3 is 9.80 Å². The molecule has 168 valence electrons. The summed E-state index contributed by atoms with van der Waals surface area (Å²) in [5.41, 5.74) is 3.86. The Bertz CT molecular complexity index is 1280. The molecule has 2 aromatic carbocycles. The number of benzene rings is 2. The average Bonchev–Trinajstić information content (AvgIpc) is 3.25. The number of hydrogen-bond acceptors (Lipinski definition) is 4. The number of carbonyl (C=O) groups excluding carboxylic acids is 1. The second kappa shape index (κ2) is 9.24. The van der Waals surface area contributed by atoms with Gasteiger partial charge in [-0.3, -0.25) is 9.36 Å². The summed E-state index contributed by atoms with van der Waals surface area (Å²) in [6.07, 6.45) is 5.20. The summed E-state index contributed by atoms with van der Waals surface area (Å²) in [5.74, 6) is 1.13. The summed E-state index contributed by atoms with van der Waals surface area (Å²) in [5, 5.41) is 1.66. The molecule has 0 N–H and O–H groups in total. The lowest BCUT2D eigenvalue weighted by Crippen LogP contribution is -2.49. The fourth-order valence-corrected chi connectivity index (χ4v) is 4.72. The van der Waals surface area contributed by atoms with Crippen LogP contribution in [0.5, 0.6) is 0 Å². The predicted molar refractivity (Wildman–Crippen MR) is 133 cm³/mol. The van der Waals surface area contributed by atoms with Crippen LogP contribution in [0.3, 0.4) is 0 Å². The first kappa shape index (κ1) is 21.5. The Labute approximate surface area is 198 Å². The molecule has 1 fully saturated rings. The van der Waals surface area contributed by atoms with Gasteiger partial charge >= 0.3 is 0 Å². The van der Waals surface area contributed by atoms with E-state index in [9.17, 15) is 4.79 Å². The zero-order valence-corrected chi connectivity index (χ0v) is 19.4. The first-order chi connectivity index (χ1) is 16.2. The van der Waals surface area contributed by atoms with Gasteiger partial charge in [0.2, 0.25) is 5.91 Å². The van der Waals surface area contributed by atoms with Gasteiger partial charge in [0.25, 0.3) is 0 Å². The summed E-state index contributed by atoms with van der Waals surface area (Å²) >= 11 is 6.56. The normalized spacial score (nSPS) is 14.1. The van der Waals surface area contributed by atoms with Crippen LogP contribution in [-0.2, 0) is 4.79 Å². The molecule has 1 aliphatic heterocycles. The quantitative estimate of drug-likeness (QED) is 0.412. The number of amides is 1. The highest BCUT2D eigenvalue weighted by atomic mass is 35.5. The Balaban J connectivity index is 1.61. The molecular weight excluding hydrogens is 434 g/mol. The predicted octanol–water partition coefficient (Wildman–Crippen LogP) is 5.19. The first-order valence-corrected chi connectivity index (χ1v) is 11.7. The summed E-state index contributed by atoms with van der Waals surface area (Å²) in [4.78, 5) is 26.0. The van der Waals surface area contributed by atoms with Crippen LogP contribution in [0.15, 0.2) is 67.1 Å². The maximum atomic E-state index is 12.4. The van der Waals surface area contributed by atoms with Crippen molar-refractivity contribution in [3.63, 3.8) is 0 Å². The summed E-state index contributed by atoms with van der Waals surface area (Å²) in [6.45, 7) is 4.94. The molecule has 5 rings (SSSR count). The van der Waals surface area contributed by atoms with Crippen molar-refractivity contribution in [2.45, 2.75) is 19.8 Å². The number of piperazine rings is 1. The van der Waals surface area contributed by atoms with E-state index in [-0.39, 0.29) is 5.91 Å². The second-order valence-corrected chi connectivity index (χ2v) is 8.65. The van der Waals surface area contributed by atoms with Crippen LogP contribution in [-0.4, -0.2) is 51.5 Å². The molecule has 33 heavy (non-hydrogen) atoms. The molecule has 4 aromatic rings. The molecule has 1 saturated heterocycles. The fraction of sp³-hybridized carbons (Fsp3) is 0.269. The van der Waals surface area contributed by atoms with E-state index in [1.165, 1.54) is 0 Å². The maximum Gasteiger partial charge on any atom is 0.222 e. The largest absolute Gasteiger partial charge is 0.352 e. The molecule has 1 amide bonds. The number of rotatable bonds is 5. The van der Waals surface area contributed by atoms with Gasteiger partial charge in [0.15, 0.2) is 5.65 Å². The number of fused-ring (bicyclic) bond motifs is 1. The molecule has 6 nitrogen and oxygen atoms in total. The molecule has 3 heterocycles. The Hall–Kier alpha value is -3.38. The first-order valence-electron chi connectivity index (χ1n) is 11.4. The van der Waals surface area contributed by atoms with Gasteiger partial charge in [-0.25, -0.2) is 9.97 Å². The number of anilines is 1. The lowest BCUT2D eigenvalue weighted by atomic mass is 10.1. The van der Waals surface area contributed by atoms with E-state index in [4.69, 9.17) is 16.6 Å². The van der Waals surface area contributed by atoms with Crippen LogP contribution in [0.2, 0.25) is 5.02 Å². The van der Waals surface area contributed by atoms with Crippen LogP contribution in [0.1, 0.15) is 19.8 Å². The van der Waals surface area contributed by atoms with Crippen molar-refractivity contribution in [1.82, 2.24) is 19.4 Å². The van der Waals surface area contributed by atoms with Gasteiger partial charge in [-0.15, -0.1) is 0 Å². The van der Waals surface area contributed by atoms with E-state index in [1.807, 2.05) is 58.9 Å². The van der Waals surface area contributed by atoms with Crippen molar-refractivity contribution in [3.8, 4) is 16.8 Å². The Morgan fingerprint density at radius 2 is 1.70 bits per heavy atom. The van der Waals surface area contributed by atoms with Gasteiger partial charge in [-0.2, -0.15) is 0 Å². The summed E-state index contributed by atoms with van der Waals surface area (Å²) in [6, 6.07) is 18.1. The molecule has 2 aromatic heterocycles. The zero-order valence-electron chi connectivity index (χ0n) is 18.6. The second-order valence-electron chi connectivity index (χ2n) is 8.24. The van der Waals surface area contributed by atoms with Crippen molar-refractivity contribution < 1.29 is 4.79 Å². The van der Waals surface area contributed by atoms with E-state index in [0.29, 0.717) is 24.5 Å². The number of nitrogens with zero attached hydrogens (tertiary/aromatic N) is 5. The van der Waals surface area contributed by atoms with Gasteiger partial charge in [0.1, 0.15) is 12.1 Å². The third kappa shape index (κ3) is 4.07. The average molecular weight is 460 g/mol.